The molecule has 21 heavy (non-hydrogen) atoms. The van der Waals surface area contributed by atoms with Gasteiger partial charge in [0.2, 0.25) is 5.91 Å². The Kier molecular flexibility index (Phi) is 6.88. The highest BCUT2D eigenvalue weighted by atomic mass is 16.2. The van der Waals surface area contributed by atoms with E-state index in [2.05, 4.69) is 19.2 Å². The van der Waals surface area contributed by atoms with Gasteiger partial charge in [-0.1, -0.05) is 26.0 Å². The number of carbonyl (C=O) groups is 2. The fraction of sp³-hybridized carbons (Fsp3) is 0.500. The van der Waals surface area contributed by atoms with E-state index in [1.165, 1.54) is 0 Å². The molecule has 1 atom stereocenters. The minimum atomic E-state index is -0.547. The first-order chi connectivity index (χ1) is 9.95. The van der Waals surface area contributed by atoms with Gasteiger partial charge in [-0.25, -0.2) is 0 Å². The number of para-hydroxylation sites is 1. The maximum absolute atomic E-state index is 12.0. The van der Waals surface area contributed by atoms with Crippen molar-refractivity contribution >= 4 is 17.5 Å². The Morgan fingerprint density at radius 2 is 1.86 bits per heavy atom. The highest BCUT2D eigenvalue weighted by Gasteiger charge is 2.15. The minimum Gasteiger partial charge on any atom is -0.366 e. The predicted molar refractivity (Wildman–Crippen MR) is 84.8 cm³/mol. The van der Waals surface area contributed by atoms with Gasteiger partial charge in [0.15, 0.2) is 0 Å². The number of anilines is 1. The van der Waals surface area contributed by atoms with Crippen LogP contribution in [0.4, 0.5) is 5.69 Å². The summed E-state index contributed by atoms with van der Waals surface area (Å²) >= 11 is 0. The van der Waals surface area contributed by atoms with Crippen molar-refractivity contribution in [3.05, 3.63) is 29.8 Å². The molecule has 0 aromatic heterocycles. The molecule has 1 aromatic rings. The molecule has 116 valence electrons. The van der Waals surface area contributed by atoms with Gasteiger partial charge in [-0.3, -0.25) is 9.59 Å². The molecular formula is C16H25N3O2. The molecule has 0 fully saturated rings. The lowest BCUT2D eigenvalue weighted by Crippen LogP contribution is -2.20. The summed E-state index contributed by atoms with van der Waals surface area (Å²) in [6, 6.07) is 6.75. The number of rotatable bonds is 8. The number of benzene rings is 1. The molecule has 0 radical (unpaired) electrons. The van der Waals surface area contributed by atoms with Crippen molar-refractivity contribution in [1.82, 2.24) is 0 Å². The van der Waals surface area contributed by atoms with Gasteiger partial charge >= 0.3 is 0 Å². The van der Waals surface area contributed by atoms with E-state index in [4.69, 9.17) is 11.5 Å². The Bertz CT molecular complexity index is 486. The second-order valence-corrected chi connectivity index (χ2v) is 5.58. The van der Waals surface area contributed by atoms with Gasteiger partial charge in [0.25, 0.3) is 5.91 Å². The van der Waals surface area contributed by atoms with Gasteiger partial charge in [-0.2, -0.15) is 0 Å². The van der Waals surface area contributed by atoms with Crippen LogP contribution < -0.4 is 16.8 Å². The molecule has 5 nitrogen and oxygen atoms in total. The summed E-state index contributed by atoms with van der Waals surface area (Å²) < 4.78 is 0. The molecule has 0 spiro atoms. The summed E-state index contributed by atoms with van der Waals surface area (Å²) in [5.41, 5.74) is 11.7. The standard InChI is InChI=1S/C16H25N3O2/c1-11(2)12(9-10-17)7-8-15(20)19-14-6-4-3-5-13(14)16(18)21/h3-6,11-12H,7-10,17H2,1-2H3,(H2,18,21)(H,19,20). The molecule has 0 aliphatic heterocycles. The topological polar surface area (TPSA) is 98.2 Å². The summed E-state index contributed by atoms with van der Waals surface area (Å²) in [5.74, 6) is 0.284. The van der Waals surface area contributed by atoms with Crippen molar-refractivity contribution < 1.29 is 9.59 Å². The first-order valence-electron chi connectivity index (χ1n) is 7.34. The van der Waals surface area contributed by atoms with Gasteiger partial charge in [0, 0.05) is 6.42 Å². The van der Waals surface area contributed by atoms with Crippen LogP contribution in [0, 0.1) is 11.8 Å². The molecule has 1 aromatic carbocycles. The monoisotopic (exact) mass is 291 g/mol. The normalized spacial score (nSPS) is 12.2. The number of primary amides is 1. The van der Waals surface area contributed by atoms with Crippen molar-refractivity contribution in [2.75, 3.05) is 11.9 Å². The number of amides is 2. The van der Waals surface area contributed by atoms with Gasteiger partial charge in [-0.15, -0.1) is 0 Å². The molecule has 5 heteroatoms. The molecule has 0 aliphatic rings. The number of hydrogen-bond donors (Lipinski definition) is 3. The van der Waals surface area contributed by atoms with Crippen LogP contribution in [0.25, 0.3) is 0 Å². The highest BCUT2D eigenvalue weighted by Crippen LogP contribution is 2.21. The quantitative estimate of drug-likeness (QED) is 0.684. The van der Waals surface area contributed by atoms with Crippen LogP contribution in [0.1, 0.15) is 43.5 Å². The Labute approximate surface area is 126 Å². The number of nitrogens with two attached hydrogens (primary N) is 2. The van der Waals surface area contributed by atoms with Gasteiger partial charge in [-0.05, 0) is 43.4 Å². The lowest BCUT2D eigenvalue weighted by atomic mass is 9.88. The fourth-order valence-electron chi connectivity index (χ4n) is 2.36. The van der Waals surface area contributed by atoms with Crippen LogP contribution in [-0.4, -0.2) is 18.4 Å². The second kappa shape index (κ2) is 8.42. The van der Waals surface area contributed by atoms with E-state index in [1.807, 2.05) is 0 Å². The molecule has 1 unspecified atom stereocenters. The number of hydrogen-bond acceptors (Lipinski definition) is 3. The largest absolute Gasteiger partial charge is 0.366 e. The highest BCUT2D eigenvalue weighted by molar-refractivity contribution is 6.02. The van der Waals surface area contributed by atoms with E-state index in [0.717, 1.165) is 12.8 Å². The third-order valence-corrected chi connectivity index (χ3v) is 3.69. The first-order valence-corrected chi connectivity index (χ1v) is 7.34. The van der Waals surface area contributed by atoms with Crippen molar-refractivity contribution in [3.8, 4) is 0 Å². The Balaban J connectivity index is 2.60. The summed E-state index contributed by atoms with van der Waals surface area (Å²) in [7, 11) is 0. The average Bonchev–Trinajstić information content (AvgIpc) is 2.43. The zero-order valence-electron chi connectivity index (χ0n) is 12.8. The smallest absolute Gasteiger partial charge is 0.250 e. The fourth-order valence-corrected chi connectivity index (χ4v) is 2.36. The average molecular weight is 291 g/mol. The van der Waals surface area contributed by atoms with Gasteiger partial charge < -0.3 is 16.8 Å². The van der Waals surface area contributed by atoms with Crippen LogP contribution in [0.15, 0.2) is 24.3 Å². The molecule has 0 aliphatic carbocycles. The Hall–Kier alpha value is -1.88. The zero-order chi connectivity index (χ0) is 15.8. The van der Waals surface area contributed by atoms with Crippen LogP contribution in [0.3, 0.4) is 0 Å². The van der Waals surface area contributed by atoms with Gasteiger partial charge in [0.1, 0.15) is 0 Å². The molecule has 0 bridgehead atoms. The number of nitrogens with one attached hydrogen (secondary N) is 1. The van der Waals surface area contributed by atoms with Crippen LogP contribution >= 0.6 is 0 Å². The van der Waals surface area contributed by atoms with Crippen LogP contribution in [0.5, 0.6) is 0 Å². The molecular weight excluding hydrogens is 266 g/mol. The maximum Gasteiger partial charge on any atom is 0.250 e. The molecule has 0 saturated carbocycles. The summed E-state index contributed by atoms with van der Waals surface area (Å²) in [4.78, 5) is 23.3. The van der Waals surface area contributed by atoms with Crippen molar-refractivity contribution in [1.29, 1.82) is 0 Å². The van der Waals surface area contributed by atoms with E-state index in [1.54, 1.807) is 24.3 Å². The predicted octanol–water partition coefficient (Wildman–Crippen LogP) is 2.13. The number of carbonyl (C=O) groups excluding carboxylic acids is 2. The Morgan fingerprint density at radius 1 is 1.19 bits per heavy atom. The summed E-state index contributed by atoms with van der Waals surface area (Å²) in [6.07, 6.45) is 2.12. The van der Waals surface area contributed by atoms with E-state index < -0.39 is 5.91 Å². The van der Waals surface area contributed by atoms with Crippen molar-refractivity contribution in [2.45, 2.75) is 33.1 Å². The lowest BCUT2D eigenvalue weighted by molar-refractivity contribution is -0.116. The van der Waals surface area contributed by atoms with Crippen LogP contribution in [-0.2, 0) is 4.79 Å². The van der Waals surface area contributed by atoms with Gasteiger partial charge in [0.05, 0.1) is 11.3 Å². The third kappa shape index (κ3) is 5.55. The molecule has 1 rings (SSSR count). The molecule has 0 saturated heterocycles. The maximum atomic E-state index is 12.0. The SMILES string of the molecule is CC(C)C(CCN)CCC(=O)Nc1ccccc1C(N)=O. The van der Waals surface area contributed by atoms with E-state index in [9.17, 15) is 9.59 Å². The van der Waals surface area contributed by atoms with E-state index in [-0.39, 0.29) is 5.91 Å². The first kappa shape index (κ1) is 17.2. The molecule has 5 N–H and O–H groups in total. The second-order valence-electron chi connectivity index (χ2n) is 5.58. The lowest BCUT2D eigenvalue weighted by Gasteiger charge is -2.19. The van der Waals surface area contributed by atoms with Crippen LogP contribution in [0.2, 0.25) is 0 Å². The van der Waals surface area contributed by atoms with E-state index >= 15 is 0 Å². The molecule has 0 heterocycles. The molecule has 2 amide bonds. The van der Waals surface area contributed by atoms with Crippen molar-refractivity contribution in [3.63, 3.8) is 0 Å². The summed E-state index contributed by atoms with van der Waals surface area (Å²) in [6.45, 7) is 4.91. The Morgan fingerprint density at radius 3 is 2.43 bits per heavy atom. The summed E-state index contributed by atoms with van der Waals surface area (Å²) in [5, 5.41) is 2.76. The third-order valence-electron chi connectivity index (χ3n) is 3.69. The minimum absolute atomic E-state index is 0.105. The zero-order valence-corrected chi connectivity index (χ0v) is 12.8. The van der Waals surface area contributed by atoms with Crippen molar-refractivity contribution in [2.24, 2.45) is 23.3 Å². The van der Waals surface area contributed by atoms with E-state index in [0.29, 0.717) is 36.1 Å².